The Bertz CT molecular complexity index is 564. The normalized spacial score (nSPS) is 23.4. The first-order valence-electron chi connectivity index (χ1n) is 7.33. The number of hydrogen-bond acceptors (Lipinski definition) is 4. The van der Waals surface area contributed by atoms with Crippen LogP contribution in [0.15, 0.2) is 16.3 Å². The molecule has 3 rings (SSSR count). The molecule has 6 heteroatoms. The monoisotopic (exact) mass is 314 g/mol. The highest BCUT2D eigenvalue weighted by Gasteiger charge is 2.40. The van der Waals surface area contributed by atoms with Gasteiger partial charge in [-0.1, -0.05) is 12.8 Å². The van der Waals surface area contributed by atoms with Crippen LogP contribution < -0.4 is 5.73 Å². The lowest BCUT2D eigenvalue weighted by Crippen LogP contribution is -2.42. The summed E-state index contributed by atoms with van der Waals surface area (Å²) in [6.45, 7) is 1.76. The van der Waals surface area contributed by atoms with E-state index >= 15 is 0 Å². The summed E-state index contributed by atoms with van der Waals surface area (Å²) in [7, 11) is -3.31. The van der Waals surface area contributed by atoms with Gasteiger partial charge in [0.25, 0.3) is 0 Å². The summed E-state index contributed by atoms with van der Waals surface area (Å²) in [4.78, 5) is 1.35. The molecule has 0 unspecified atom stereocenters. The van der Waals surface area contributed by atoms with Crippen molar-refractivity contribution in [3.63, 3.8) is 0 Å². The lowest BCUT2D eigenvalue weighted by atomic mass is 9.78. The van der Waals surface area contributed by atoms with Crippen LogP contribution >= 0.6 is 11.3 Å². The van der Waals surface area contributed by atoms with E-state index in [2.05, 4.69) is 0 Å². The van der Waals surface area contributed by atoms with Gasteiger partial charge < -0.3 is 5.73 Å². The first-order valence-corrected chi connectivity index (χ1v) is 9.65. The average molecular weight is 314 g/mol. The number of thiophene rings is 1. The highest BCUT2D eigenvalue weighted by molar-refractivity contribution is 7.89. The Morgan fingerprint density at radius 3 is 2.40 bits per heavy atom. The highest BCUT2D eigenvalue weighted by atomic mass is 32.2. The number of piperidine rings is 1. The second kappa shape index (κ2) is 5.40. The lowest BCUT2D eigenvalue weighted by Gasteiger charge is -2.38. The minimum absolute atomic E-state index is 0.406. The van der Waals surface area contributed by atoms with E-state index < -0.39 is 10.0 Å². The van der Waals surface area contributed by atoms with Crippen LogP contribution in [0.5, 0.6) is 0 Å². The number of nitrogens with two attached hydrogens (primary N) is 1. The van der Waals surface area contributed by atoms with E-state index in [4.69, 9.17) is 5.73 Å². The summed E-state index contributed by atoms with van der Waals surface area (Å²) < 4.78 is 26.9. The van der Waals surface area contributed by atoms with Gasteiger partial charge in [-0.25, -0.2) is 8.42 Å². The number of sulfonamides is 1. The third-order valence-corrected chi connectivity index (χ3v) is 7.90. The molecule has 0 bridgehead atoms. The maximum absolute atomic E-state index is 12.6. The van der Waals surface area contributed by atoms with Crippen molar-refractivity contribution in [1.82, 2.24) is 4.31 Å². The van der Waals surface area contributed by atoms with Crippen molar-refractivity contribution >= 4 is 21.4 Å². The zero-order valence-electron chi connectivity index (χ0n) is 11.7. The van der Waals surface area contributed by atoms with E-state index in [1.807, 2.05) is 0 Å². The molecule has 0 atom stereocenters. The minimum atomic E-state index is -3.31. The second-order valence-corrected chi connectivity index (χ2v) is 9.00. The highest BCUT2D eigenvalue weighted by Crippen LogP contribution is 2.46. The quantitative estimate of drug-likeness (QED) is 0.932. The molecule has 112 valence electrons. The van der Waals surface area contributed by atoms with Crippen LogP contribution in [0.2, 0.25) is 0 Å². The Balaban J connectivity index is 1.73. The molecule has 20 heavy (non-hydrogen) atoms. The third kappa shape index (κ3) is 2.54. The molecule has 1 aromatic rings. The van der Waals surface area contributed by atoms with E-state index in [-0.39, 0.29) is 0 Å². The van der Waals surface area contributed by atoms with Gasteiger partial charge in [0.05, 0.1) is 4.90 Å². The Hall–Kier alpha value is -0.430. The molecule has 1 spiro atoms. The SMILES string of the molecule is NCc1cc(S(=O)(=O)N2CCC3(CCCC3)CC2)cs1. The van der Waals surface area contributed by atoms with Crippen LogP contribution in [0.25, 0.3) is 0 Å². The Kier molecular flexibility index (Phi) is 3.92. The zero-order valence-corrected chi connectivity index (χ0v) is 13.3. The fourth-order valence-electron chi connectivity index (χ4n) is 3.58. The fourth-order valence-corrected chi connectivity index (χ4v) is 6.16. The van der Waals surface area contributed by atoms with Gasteiger partial charge in [-0.2, -0.15) is 4.31 Å². The van der Waals surface area contributed by atoms with E-state index in [9.17, 15) is 8.42 Å². The Morgan fingerprint density at radius 1 is 1.20 bits per heavy atom. The first-order chi connectivity index (χ1) is 9.56. The first kappa shape index (κ1) is 14.5. The largest absolute Gasteiger partial charge is 0.326 e. The summed E-state index contributed by atoms with van der Waals surface area (Å²) in [5.74, 6) is 0. The summed E-state index contributed by atoms with van der Waals surface area (Å²) in [5, 5.41) is 1.72. The van der Waals surface area contributed by atoms with Crippen molar-refractivity contribution < 1.29 is 8.42 Å². The van der Waals surface area contributed by atoms with Gasteiger partial charge >= 0.3 is 0 Å². The maximum atomic E-state index is 12.6. The molecule has 0 amide bonds. The van der Waals surface area contributed by atoms with Crippen LogP contribution in [-0.4, -0.2) is 25.8 Å². The molecule has 0 aromatic carbocycles. The topological polar surface area (TPSA) is 63.4 Å². The zero-order chi connectivity index (χ0) is 14.2. The molecule has 0 radical (unpaired) electrons. The summed E-state index contributed by atoms with van der Waals surface area (Å²) in [5.41, 5.74) is 6.01. The Labute approximate surface area is 125 Å². The molecule has 1 saturated carbocycles. The van der Waals surface area contributed by atoms with Crippen LogP contribution in [0, 0.1) is 5.41 Å². The van der Waals surface area contributed by atoms with Crippen molar-refractivity contribution in [2.75, 3.05) is 13.1 Å². The molecule has 1 aromatic heterocycles. The van der Waals surface area contributed by atoms with Crippen LogP contribution in [0.3, 0.4) is 0 Å². The molecular weight excluding hydrogens is 292 g/mol. The van der Waals surface area contributed by atoms with E-state index in [1.54, 1.807) is 15.8 Å². The van der Waals surface area contributed by atoms with E-state index in [1.165, 1.54) is 37.0 Å². The van der Waals surface area contributed by atoms with Crippen molar-refractivity contribution in [3.8, 4) is 0 Å². The molecule has 1 saturated heterocycles. The smallest absolute Gasteiger partial charge is 0.243 e. The Morgan fingerprint density at radius 2 is 1.85 bits per heavy atom. The number of rotatable bonds is 3. The molecule has 2 N–H and O–H groups in total. The second-order valence-electron chi connectivity index (χ2n) is 6.06. The molecule has 4 nitrogen and oxygen atoms in total. The standard InChI is InChI=1S/C14H22N2O2S2/c15-10-12-9-13(11-19-12)20(17,18)16-7-5-14(6-8-16)3-1-2-4-14/h9,11H,1-8,10,15H2. The third-order valence-electron chi connectivity index (χ3n) is 4.92. The van der Waals surface area contributed by atoms with Gasteiger partial charge in [0.15, 0.2) is 0 Å². The van der Waals surface area contributed by atoms with Crippen LogP contribution in [-0.2, 0) is 16.6 Å². The predicted octanol–water partition coefficient (Wildman–Crippen LogP) is 2.55. The maximum Gasteiger partial charge on any atom is 0.243 e. The van der Waals surface area contributed by atoms with Crippen LogP contribution in [0.1, 0.15) is 43.4 Å². The van der Waals surface area contributed by atoms with Crippen molar-refractivity contribution in [2.45, 2.75) is 50.0 Å². The van der Waals surface area contributed by atoms with E-state index in [0.29, 0.717) is 29.9 Å². The van der Waals surface area contributed by atoms with Crippen molar-refractivity contribution in [1.29, 1.82) is 0 Å². The molecule has 2 aliphatic rings. The predicted molar refractivity (Wildman–Crippen MR) is 81.1 cm³/mol. The van der Waals surface area contributed by atoms with Gasteiger partial charge in [-0.05, 0) is 37.2 Å². The molecular formula is C14H22N2O2S2. The van der Waals surface area contributed by atoms with Gasteiger partial charge in [-0.3, -0.25) is 0 Å². The van der Waals surface area contributed by atoms with Crippen molar-refractivity contribution in [2.24, 2.45) is 11.1 Å². The molecule has 2 fully saturated rings. The average Bonchev–Trinajstić information content (AvgIpc) is 3.09. The summed E-state index contributed by atoms with van der Waals surface area (Å²) >= 11 is 1.43. The number of hydrogen-bond donors (Lipinski definition) is 1. The fraction of sp³-hybridized carbons (Fsp3) is 0.714. The summed E-state index contributed by atoms with van der Waals surface area (Å²) in [6, 6.07) is 1.72. The molecule has 1 aliphatic heterocycles. The van der Waals surface area contributed by atoms with Gasteiger partial charge in [0.1, 0.15) is 0 Å². The van der Waals surface area contributed by atoms with Crippen LogP contribution in [0.4, 0.5) is 0 Å². The number of nitrogens with zero attached hydrogens (tertiary/aromatic N) is 1. The van der Waals surface area contributed by atoms with Gasteiger partial charge in [0, 0.05) is 29.9 Å². The van der Waals surface area contributed by atoms with Crippen molar-refractivity contribution in [3.05, 3.63) is 16.3 Å². The minimum Gasteiger partial charge on any atom is -0.326 e. The van der Waals surface area contributed by atoms with Gasteiger partial charge in [0.2, 0.25) is 10.0 Å². The lowest BCUT2D eigenvalue weighted by molar-refractivity contribution is 0.160. The molecule has 1 aliphatic carbocycles. The van der Waals surface area contributed by atoms with E-state index in [0.717, 1.165) is 17.7 Å². The van der Waals surface area contributed by atoms with Gasteiger partial charge in [-0.15, -0.1) is 11.3 Å². The molecule has 2 heterocycles. The summed E-state index contributed by atoms with van der Waals surface area (Å²) in [6.07, 6.45) is 7.27.